The van der Waals surface area contributed by atoms with Crippen LogP contribution in [-0.4, -0.2) is 34.4 Å². The van der Waals surface area contributed by atoms with E-state index in [2.05, 4.69) is 15.1 Å². The van der Waals surface area contributed by atoms with Crippen molar-refractivity contribution in [3.8, 4) is 0 Å². The highest BCUT2D eigenvalue weighted by Gasteiger charge is 2.23. The summed E-state index contributed by atoms with van der Waals surface area (Å²) in [5, 5.41) is 16.8. The second-order valence-corrected chi connectivity index (χ2v) is 4.63. The Balaban J connectivity index is 1.89. The highest BCUT2D eigenvalue weighted by atomic mass is 35.5. The molecule has 1 fully saturated rings. The van der Waals surface area contributed by atoms with Crippen LogP contribution in [0.3, 0.4) is 0 Å². The zero-order valence-electron chi connectivity index (χ0n) is 9.34. The highest BCUT2D eigenvalue weighted by molar-refractivity contribution is 6.29. The summed E-state index contributed by atoms with van der Waals surface area (Å²) in [5.41, 5.74) is 0. The first-order valence-electron chi connectivity index (χ1n) is 5.61. The molecule has 2 heterocycles. The Labute approximate surface area is 104 Å². The summed E-state index contributed by atoms with van der Waals surface area (Å²) in [6.07, 6.45) is 1.98. The highest BCUT2D eigenvalue weighted by Crippen LogP contribution is 2.25. The van der Waals surface area contributed by atoms with Gasteiger partial charge in [-0.05, 0) is 30.9 Å². The van der Waals surface area contributed by atoms with Crippen LogP contribution in [-0.2, 0) is 4.79 Å². The average molecular weight is 256 g/mol. The fourth-order valence-corrected chi connectivity index (χ4v) is 2.18. The minimum absolute atomic E-state index is 0.241. The Morgan fingerprint density at radius 1 is 1.53 bits per heavy atom. The molecular formula is C11H14ClN3O2. The number of hydrogen-bond donors (Lipinski definition) is 1. The fraction of sp³-hybridized carbons (Fsp3) is 0.545. The van der Waals surface area contributed by atoms with Gasteiger partial charge < -0.3 is 10.0 Å². The molecular weight excluding hydrogens is 242 g/mol. The number of aromatic nitrogens is 2. The van der Waals surface area contributed by atoms with Crippen molar-refractivity contribution in [2.24, 2.45) is 5.92 Å². The average Bonchev–Trinajstić information content (AvgIpc) is 2.76. The Hall–Kier alpha value is -1.36. The number of carbonyl (C=O) groups is 1. The molecule has 1 atom stereocenters. The molecule has 0 spiro atoms. The molecule has 1 aromatic rings. The molecule has 0 aliphatic carbocycles. The minimum atomic E-state index is -0.727. The zero-order valence-corrected chi connectivity index (χ0v) is 10.1. The van der Waals surface area contributed by atoms with Crippen molar-refractivity contribution in [2.45, 2.75) is 19.3 Å². The van der Waals surface area contributed by atoms with E-state index in [1.165, 1.54) is 0 Å². The molecule has 1 aliphatic heterocycles. The maximum absolute atomic E-state index is 10.5. The third-order valence-corrected chi connectivity index (χ3v) is 3.20. The van der Waals surface area contributed by atoms with Gasteiger partial charge in [0, 0.05) is 19.5 Å². The predicted octanol–water partition coefficient (Wildman–Crippen LogP) is 1.82. The predicted molar refractivity (Wildman–Crippen MR) is 64.2 cm³/mol. The lowest BCUT2D eigenvalue weighted by atomic mass is 10.0. The van der Waals surface area contributed by atoms with E-state index in [4.69, 9.17) is 16.7 Å². The molecule has 92 valence electrons. The van der Waals surface area contributed by atoms with Gasteiger partial charge in [-0.25, -0.2) is 0 Å². The second-order valence-electron chi connectivity index (χ2n) is 4.25. The van der Waals surface area contributed by atoms with Crippen molar-refractivity contribution in [1.82, 2.24) is 10.2 Å². The van der Waals surface area contributed by atoms with E-state index in [0.29, 0.717) is 11.1 Å². The van der Waals surface area contributed by atoms with Crippen molar-refractivity contribution in [3.63, 3.8) is 0 Å². The second kappa shape index (κ2) is 5.31. The molecule has 1 aliphatic rings. The Morgan fingerprint density at radius 2 is 2.35 bits per heavy atom. The maximum atomic E-state index is 10.5. The summed E-state index contributed by atoms with van der Waals surface area (Å²) in [5.74, 6) is 0.519. The maximum Gasteiger partial charge on any atom is 0.303 e. The first-order valence-corrected chi connectivity index (χ1v) is 5.99. The van der Waals surface area contributed by atoms with E-state index in [0.717, 1.165) is 31.7 Å². The van der Waals surface area contributed by atoms with Crippen LogP contribution in [0.2, 0.25) is 5.15 Å². The summed E-state index contributed by atoms with van der Waals surface area (Å²) in [6.45, 7) is 1.75. The van der Waals surface area contributed by atoms with Crippen molar-refractivity contribution >= 4 is 23.4 Å². The van der Waals surface area contributed by atoms with Crippen LogP contribution >= 0.6 is 11.6 Å². The van der Waals surface area contributed by atoms with Gasteiger partial charge in [0.25, 0.3) is 0 Å². The van der Waals surface area contributed by atoms with E-state index in [1.54, 1.807) is 6.07 Å². The molecule has 0 bridgehead atoms. The lowest BCUT2D eigenvalue weighted by molar-refractivity contribution is -0.137. The normalized spacial score (nSPS) is 19.6. The van der Waals surface area contributed by atoms with Gasteiger partial charge in [0.1, 0.15) is 0 Å². The summed E-state index contributed by atoms with van der Waals surface area (Å²) >= 11 is 5.67. The van der Waals surface area contributed by atoms with Crippen LogP contribution in [0.5, 0.6) is 0 Å². The minimum Gasteiger partial charge on any atom is -0.481 e. The smallest absolute Gasteiger partial charge is 0.303 e. The van der Waals surface area contributed by atoms with Crippen LogP contribution in [0.25, 0.3) is 0 Å². The molecule has 0 saturated carbocycles. The third kappa shape index (κ3) is 3.30. The van der Waals surface area contributed by atoms with Crippen molar-refractivity contribution in [1.29, 1.82) is 0 Å². The molecule has 0 radical (unpaired) electrons. The molecule has 6 heteroatoms. The molecule has 2 rings (SSSR count). The summed E-state index contributed by atoms with van der Waals surface area (Å²) in [4.78, 5) is 12.6. The summed E-state index contributed by atoms with van der Waals surface area (Å²) in [7, 11) is 0. The van der Waals surface area contributed by atoms with Crippen LogP contribution in [0.4, 0.5) is 5.82 Å². The fourth-order valence-electron chi connectivity index (χ4n) is 2.08. The zero-order chi connectivity index (χ0) is 12.3. The SMILES string of the molecule is O=C(O)CCC1CCN(c2ccc(Cl)nn2)C1. The standard InChI is InChI=1S/C11H14ClN3O2/c12-9-2-3-10(14-13-9)15-6-5-8(7-15)1-4-11(16)17/h2-3,8H,1,4-7H2,(H,16,17). The van der Waals surface area contributed by atoms with Gasteiger partial charge in [-0.1, -0.05) is 11.6 Å². The number of nitrogens with zero attached hydrogens (tertiary/aromatic N) is 3. The molecule has 0 amide bonds. The van der Waals surface area contributed by atoms with Gasteiger partial charge in [0.2, 0.25) is 0 Å². The molecule has 1 unspecified atom stereocenters. The number of hydrogen-bond acceptors (Lipinski definition) is 4. The number of halogens is 1. The number of aliphatic carboxylic acids is 1. The van der Waals surface area contributed by atoms with Crippen molar-refractivity contribution < 1.29 is 9.90 Å². The number of carboxylic acid groups (broad SMARTS) is 1. The van der Waals surface area contributed by atoms with E-state index in [-0.39, 0.29) is 6.42 Å². The van der Waals surface area contributed by atoms with Gasteiger partial charge >= 0.3 is 5.97 Å². The third-order valence-electron chi connectivity index (χ3n) is 2.99. The topological polar surface area (TPSA) is 66.3 Å². The number of carboxylic acids is 1. The van der Waals surface area contributed by atoms with Crippen LogP contribution in [0, 0.1) is 5.92 Å². The molecule has 1 aromatic heterocycles. The first kappa shape index (κ1) is 12.1. The Kier molecular flexibility index (Phi) is 3.78. The van der Waals surface area contributed by atoms with Gasteiger partial charge in [0.15, 0.2) is 11.0 Å². The van der Waals surface area contributed by atoms with Crippen LogP contribution < -0.4 is 4.90 Å². The Bertz CT molecular complexity index is 396. The van der Waals surface area contributed by atoms with E-state index < -0.39 is 5.97 Å². The van der Waals surface area contributed by atoms with E-state index in [1.807, 2.05) is 6.07 Å². The molecule has 5 nitrogen and oxygen atoms in total. The van der Waals surface area contributed by atoms with Gasteiger partial charge in [-0.2, -0.15) is 0 Å². The quantitative estimate of drug-likeness (QED) is 0.889. The summed E-state index contributed by atoms with van der Waals surface area (Å²) < 4.78 is 0. The van der Waals surface area contributed by atoms with Crippen molar-refractivity contribution in [2.75, 3.05) is 18.0 Å². The molecule has 1 N–H and O–H groups in total. The van der Waals surface area contributed by atoms with Crippen LogP contribution in [0.1, 0.15) is 19.3 Å². The molecule has 0 aromatic carbocycles. The van der Waals surface area contributed by atoms with E-state index >= 15 is 0 Å². The van der Waals surface area contributed by atoms with E-state index in [9.17, 15) is 4.79 Å². The van der Waals surface area contributed by atoms with Gasteiger partial charge in [-0.3, -0.25) is 4.79 Å². The number of rotatable bonds is 4. The first-order chi connectivity index (χ1) is 8.15. The molecule has 17 heavy (non-hydrogen) atoms. The van der Waals surface area contributed by atoms with Crippen LogP contribution in [0.15, 0.2) is 12.1 Å². The lowest BCUT2D eigenvalue weighted by Crippen LogP contribution is -2.21. The molecule has 1 saturated heterocycles. The van der Waals surface area contributed by atoms with Gasteiger partial charge in [-0.15, -0.1) is 10.2 Å². The summed E-state index contributed by atoms with van der Waals surface area (Å²) in [6, 6.07) is 3.56. The largest absolute Gasteiger partial charge is 0.481 e. The monoisotopic (exact) mass is 255 g/mol. The van der Waals surface area contributed by atoms with Gasteiger partial charge in [0.05, 0.1) is 0 Å². The Morgan fingerprint density at radius 3 is 3.00 bits per heavy atom. The van der Waals surface area contributed by atoms with Crippen molar-refractivity contribution in [3.05, 3.63) is 17.3 Å². The lowest BCUT2D eigenvalue weighted by Gasteiger charge is -2.16. The number of anilines is 1.